The maximum atomic E-state index is 13.0. The number of carboxylic acid groups (broad SMARTS) is 1. The van der Waals surface area contributed by atoms with Crippen LogP contribution in [-0.2, 0) is 4.79 Å². The summed E-state index contributed by atoms with van der Waals surface area (Å²) in [5.41, 5.74) is 4.20. The Morgan fingerprint density at radius 1 is 0.889 bits per heavy atom. The maximum Gasteiger partial charge on any atom is 0.307 e. The molecule has 1 fully saturated rings. The van der Waals surface area contributed by atoms with Crippen molar-refractivity contribution in [1.29, 1.82) is 0 Å². The minimum Gasteiger partial charge on any atom is -0.481 e. The summed E-state index contributed by atoms with van der Waals surface area (Å²) in [5.74, 6) is -1.34. The number of carboxylic acids is 1. The molecule has 1 aliphatic rings. The van der Waals surface area contributed by atoms with Crippen LogP contribution in [0.25, 0.3) is 22.5 Å². The third kappa shape index (κ3) is 5.19. The molecule has 3 aromatic carbocycles. The first kappa shape index (κ1) is 23.8. The molecule has 1 aromatic heterocycles. The predicted molar refractivity (Wildman–Crippen MR) is 140 cm³/mol. The van der Waals surface area contributed by atoms with E-state index >= 15 is 0 Å². The van der Waals surface area contributed by atoms with Crippen molar-refractivity contribution in [2.75, 3.05) is 5.32 Å². The molecule has 0 aliphatic heterocycles. The van der Waals surface area contributed by atoms with Crippen LogP contribution in [0.5, 0.6) is 0 Å². The van der Waals surface area contributed by atoms with Crippen molar-refractivity contribution in [3.8, 4) is 22.5 Å². The highest BCUT2D eigenvalue weighted by atomic mass is 35.5. The van der Waals surface area contributed by atoms with Gasteiger partial charge in [0.15, 0.2) is 11.5 Å². The summed E-state index contributed by atoms with van der Waals surface area (Å²) in [5, 5.41) is 13.2. The Labute approximate surface area is 214 Å². The molecule has 1 heterocycles. The molecule has 1 saturated carbocycles. The lowest BCUT2D eigenvalue weighted by Crippen LogP contribution is -2.32. The van der Waals surface area contributed by atoms with Crippen LogP contribution in [0.3, 0.4) is 0 Å². The van der Waals surface area contributed by atoms with Crippen LogP contribution in [0.15, 0.2) is 83.4 Å². The third-order valence-electron chi connectivity index (χ3n) is 6.67. The van der Waals surface area contributed by atoms with E-state index in [4.69, 9.17) is 16.0 Å². The second-order valence-corrected chi connectivity index (χ2v) is 9.46. The van der Waals surface area contributed by atoms with E-state index in [2.05, 4.69) is 10.3 Å². The molecule has 36 heavy (non-hydrogen) atoms. The lowest BCUT2D eigenvalue weighted by molar-refractivity contribution is -0.144. The van der Waals surface area contributed by atoms with Gasteiger partial charge in [-0.05, 0) is 42.2 Å². The molecule has 1 aliphatic carbocycles. The molecule has 4 aromatic rings. The molecule has 2 N–H and O–H groups in total. The molecule has 0 spiro atoms. The first-order valence-corrected chi connectivity index (χ1v) is 12.3. The van der Waals surface area contributed by atoms with E-state index in [0.717, 1.165) is 35.2 Å². The standard InChI is InChI=1S/C29H25ClN2O4/c30-22-4-3-5-23(16-22)32-29-31-17-26(36-29)20-12-8-18(9-13-20)19-10-14-21(15-11-19)27(33)24-6-1-2-7-25(24)28(34)35/h3-5,8-17,24-25H,1-2,6-7H2,(H,31,32)(H,34,35)/t24-,25-/m0/s1. The van der Waals surface area contributed by atoms with Crippen molar-refractivity contribution < 1.29 is 19.1 Å². The van der Waals surface area contributed by atoms with Gasteiger partial charge in [-0.1, -0.05) is 79.0 Å². The first-order chi connectivity index (χ1) is 17.5. The van der Waals surface area contributed by atoms with Gasteiger partial charge in [-0.2, -0.15) is 0 Å². The van der Waals surface area contributed by atoms with Gasteiger partial charge in [0.05, 0.1) is 12.1 Å². The summed E-state index contributed by atoms with van der Waals surface area (Å²) in [6.07, 6.45) is 4.63. The summed E-state index contributed by atoms with van der Waals surface area (Å²) < 4.78 is 5.84. The number of nitrogens with one attached hydrogen (secondary N) is 1. The van der Waals surface area contributed by atoms with E-state index in [1.807, 2.05) is 48.5 Å². The van der Waals surface area contributed by atoms with Gasteiger partial charge in [0.2, 0.25) is 0 Å². The van der Waals surface area contributed by atoms with Crippen LogP contribution in [0.2, 0.25) is 5.02 Å². The van der Waals surface area contributed by atoms with Crippen molar-refractivity contribution in [3.63, 3.8) is 0 Å². The molecular weight excluding hydrogens is 476 g/mol. The van der Waals surface area contributed by atoms with Crippen LogP contribution in [0.4, 0.5) is 11.7 Å². The van der Waals surface area contributed by atoms with Gasteiger partial charge in [0, 0.05) is 27.8 Å². The van der Waals surface area contributed by atoms with Gasteiger partial charge < -0.3 is 14.8 Å². The Kier molecular flexibility index (Phi) is 6.87. The fraction of sp³-hybridized carbons (Fsp3) is 0.207. The van der Waals surface area contributed by atoms with Gasteiger partial charge in [0.25, 0.3) is 6.01 Å². The first-order valence-electron chi connectivity index (χ1n) is 11.9. The van der Waals surface area contributed by atoms with E-state index in [9.17, 15) is 14.7 Å². The van der Waals surface area contributed by atoms with Crippen molar-refractivity contribution >= 4 is 35.1 Å². The number of benzene rings is 3. The van der Waals surface area contributed by atoms with Gasteiger partial charge in [-0.15, -0.1) is 0 Å². The van der Waals surface area contributed by atoms with E-state index in [1.165, 1.54) is 0 Å². The summed E-state index contributed by atoms with van der Waals surface area (Å²) in [4.78, 5) is 28.9. The Morgan fingerprint density at radius 3 is 2.19 bits per heavy atom. The number of ketones is 1. The lowest BCUT2D eigenvalue weighted by Gasteiger charge is -2.27. The van der Waals surface area contributed by atoms with Crippen molar-refractivity contribution in [2.24, 2.45) is 11.8 Å². The molecule has 0 radical (unpaired) electrons. The zero-order chi connectivity index (χ0) is 25.1. The lowest BCUT2D eigenvalue weighted by atomic mass is 9.75. The second-order valence-electron chi connectivity index (χ2n) is 9.02. The number of hydrogen-bond acceptors (Lipinski definition) is 5. The molecule has 0 saturated heterocycles. The SMILES string of the molecule is O=C(O)[C@H]1CCCC[C@@H]1C(=O)c1ccc(-c2ccc(-c3cnc(Nc4cccc(Cl)c4)o3)cc2)cc1. The van der Waals surface area contributed by atoms with Crippen LogP contribution in [0, 0.1) is 11.8 Å². The summed E-state index contributed by atoms with van der Waals surface area (Å²) in [6.45, 7) is 0. The summed E-state index contributed by atoms with van der Waals surface area (Å²) >= 11 is 6.03. The minimum absolute atomic E-state index is 0.0727. The van der Waals surface area contributed by atoms with Crippen LogP contribution in [0.1, 0.15) is 36.0 Å². The fourth-order valence-electron chi connectivity index (χ4n) is 4.76. The zero-order valence-electron chi connectivity index (χ0n) is 19.5. The minimum atomic E-state index is -0.871. The number of halogens is 1. The number of oxazole rings is 1. The summed E-state index contributed by atoms with van der Waals surface area (Å²) in [6, 6.07) is 23.0. The Balaban J connectivity index is 1.27. The molecule has 5 rings (SSSR count). The highest BCUT2D eigenvalue weighted by molar-refractivity contribution is 6.30. The Hall–Kier alpha value is -3.90. The topological polar surface area (TPSA) is 92.4 Å². The highest BCUT2D eigenvalue weighted by Crippen LogP contribution is 2.34. The molecule has 2 atom stereocenters. The van der Waals surface area contributed by atoms with Crippen LogP contribution >= 0.6 is 11.6 Å². The van der Waals surface area contributed by atoms with E-state index in [-0.39, 0.29) is 5.78 Å². The molecule has 0 unspecified atom stereocenters. The van der Waals surface area contributed by atoms with Gasteiger partial charge in [0.1, 0.15) is 0 Å². The van der Waals surface area contributed by atoms with E-state index < -0.39 is 17.8 Å². The molecule has 182 valence electrons. The second kappa shape index (κ2) is 10.4. The Morgan fingerprint density at radius 2 is 1.53 bits per heavy atom. The number of aromatic nitrogens is 1. The smallest absolute Gasteiger partial charge is 0.307 e. The molecule has 0 amide bonds. The zero-order valence-corrected chi connectivity index (χ0v) is 20.2. The number of nitrogens with zero attached hydrogens (tertiary/aromatic N) is 1. The number of hydrogen-bond donors (Lipinski definition) is 2. The largest absolute Gasteiger partial charge is 0.481 e. The molecular formula is C29H25ClN2O4. The number of carbonyl (C=O) groups is 2. The van der Waals surface area contributed by atoms with Gasteiger partial charge >= 0.3 is 5.97 Å². The van der Waals surface area contributed by atoms with E-state index in [0.29, 0.717) is 35.2 Å². The number of rotatable bonds is 7. The van der Waals surface area contributed by atoms with Crippen LogP contribution in [-0.4, -0.2) is 21.8 Å². The third-order valence-corrected chi connectivity index (χ3v) is 6.91. The van der Waals surface area contributed by atoms with Crippen molar-refractivity contribution in [2.45, 2.75) is 25.7 Å². The quantitative estimate of drug-likeness (QED) is 0.255. The van der Waals surface area contributed by atoms with Crippen LogP contribution < -0.4 is 5.32 Å². The van der Waals surface area contributed by atoms with E-state index in [1.54, 1.807) is 30.5 Å². The Bertz CT molecular complexity index is 1380. The van der Waals surface area contributed by atoms with Gasteiger partial charge in [-0.25, -0.2) is 4.98 Å². The van der Waals surface area contributed by atoms with Gasteiger partial charge in [-0.3, -0.25) is 9.59 Å². The normalized spacial score (nSPS) is 17.5. The fourth-order valence-corrected chi connectivity index (χ4v) is 4.95. The van der Waals surface area contributed by atoms with Crippen molar-refractivity contribution in [1.82, 2.24) is 4.98 Å². The highest BCUT2D eigenvalue weighted by Gasteiger charge is 2.35. The molecule has 6 nitrogen and oxygen atoms in total. The number of anilines is 2. The average Bonchev–Trinajstić information content (AvgIpc) is 3.37. The molecule has 7 heteroatoms. The predicted octanol–water partition coefficient (Wildman–Crippen LogP) is 7.48. The monoisotopic (exact) mass is 500 g/mol. The number of Topliss-reactive ketones (excluding diaryl/α,β-unsaturated/α-hetero) is 1. The maximum absolute atomic E-state index is 13.0. The van der Waals surface area contributed by atoms with Crippen molar-refractivity contribution in [3.05, 3.63) is 89.6 Å². The number of carbonyl (C=O) groups excluding carboxylic acids is 1. The summed E-state index contributed by atoms with van der Waals surface area (Å²) in [7, 11) is 0. The average molecular weight is 501 g/mol. The molecule has 0 bridgehead atoms. The number of aliphatic carboxylic acids is 1.